The van der Waals surface area contributed by atoms with Gasteiger partial charge in [-0.1, -0.05) is 6.07 Å². The molecule has 2 aromatic carbocycles. The number of pyridine rings is 1. The first-order valence-electron chi connectivity index (χ1n) is 11.7. The molecule has 1 saturated heterocycles. The number of nitrogens with zero attached hydrogens (tertiary/aromatic N) is 2. The highest BCUT2D eigenvalue weighted by Gasteiger charge is 2.18. The molecule has 0 unspecified atom stereocenters. The number of carbonyl (C=O) groups is 2. The third kappa shape index (κ3) is 8.68. The number of anilines is 1. The smallest absolute Gasteiger partial charge is 0.405 e. The van der Waals surface area contributed by atoms with Crippen molar-refractivity contribution in [3.8, 4) is 23.1 Å². The zero-order valence-corrected chi connectivity index (χ0v) is 21.1. The lowest BCUT2D eigenvalue weighted by atomic mass is 10.2. The first-order chi connectivity index (χ1) is 17.5. The van der Waals surface area contributed by atoms with E-state index in [4.69, 9.17) is 20.9 Å². The van der Waals surface area contributed by atoms with Gasteiger partial charge in [0.25, 0.3) is 5.91 Å². The molecule has 196 valence electrons. The van der Waals surface area contributed by atoms with Gasteiger partial charge in [0.05, 0.1) is 11.9 Å². The van der Waals surface area contributed by atoms with E-state index in [2.05, 4.69) is 14.6 Å². The molecule has 0 saturated carbocycles. The molecule has 9 nitrogen and oxygen atoms in total. The van der Waals surface area contributed by atoms with Crippen LogP contribution in [0.2, 0.25) is 0 Å². The Bertz CT molecular complexity index is 1220. The molecule has 1 aromatic heterocycles. The van der Waals surface area contributed by atoms with E-state index in [1.165, 1.54) is 12.1 Å². The Morgan fingerprint density at radius 1 is 0.919 bits per heavy atom. The molecule has 3 aromatic rings. The Kier molecular flexibility index (Phi) is 8.89. The summed E-state index contributed by atoms with van der Waals surface area (Å²) in [6, 6.07) is 14.3. The molecule has 0 radical (unpaired) electrons. The summed E-state index contributed by atoms with van der Waals surface area (Å²) in [5, 5.41) is 0. The second-order valence-corrected chi connectivity index (χ2v) is 9.27. The van der Waals surface area contributed by atoms with Gasteiger partial charge in [-0.3, -0.25) is 4.79 Å². The fraction of sp³-hybridized carbons (Fsp3) is 0.296. The third-order valence-electron chi connectivity index (χ3n) is 5.05. The fourth-order valence-corrected chi connectivity index (χ4v) is 3.50. The highest BCUT2D eigenvalue weighted by atomic mass is 19.1. The Morgan fingerprint density at radius 3 is 2.05 bits per heavy atom. The van der Waals surface area contributed by atoms with E-state index in [1.54, 1.807) is 69.4 Å². The highest BCUT2D eigenvalue weighted by molar-refractivity contribution is 5.96. The van der Waals surface area contributed by atoms with Crippen LogP contribution in [0.15, 0.2) is 60.8 Å². The summed E-state index contributed by atoms with van der Waals surface area (Å²) in [4.78, 5) is 28.4. The fourth-order valence-electron chi connectivity index (χ4n) is 3.50. The van der Waals surface area contributed by atoms with Crippen molar-refractivity contribution < 1.29 is 28.2 Å². The van der Waals surface area contributed by atoms with E-state index in [9.17, 15) is 14.0 Å². The summed E-state index contributed by atoms with van der Waals surface area (Å²) in [5.41, 5.74) is 10.9. The Labute approximate surface area is 215 Å². The van der Waals surface area contributed by atoms with Crippen LogP contribution in [0.25, 0.3) is 0 Å². The average Bonchev–Trinajstić information content (AvgIpc) is 3.34. The Balaban J connectivity index is 0.000000414. The number of aromatic nitrogens is 1. The maximum absolute atomic E-state index is 13.3. The quantitative estimate of drug-likeness (QED) is 0.455. The minimum atomic E-state index is -0.725. The van der Waals surface area contributed by atoms with Gasteiger partial charge in [0, 0.05) is 19.2 Å². The normalized spacial score (nSPS) is 12.8. The molecular weight excluding hydrogens is 479 g/mol. The molecule has 2 heterocycles. The van der Waals surface area contributed by atoms with Crippen LogP contribution >= 0.6 is 0 Å². The zero-order valence-electron chi connectivity index (χ0n) is 21.1. The van der Waals surface area contributed by atoms with Crippen LogP contribution < -0.4 is 25.8 Å². The first kappa shape index (κ1) is 27.3. The number of halogens is 1. The van der Waals surface area contributed by atoms with E-state index in [0.717, 1.165) is 31.6 Å². The number of hydrogen-bond acceptors (Lipinski definition) is 7. The molecular formula is C27H31FN4O5. The van der Waals surface area contributed by atoms with Crippen LogP contribution in [0, 0.1) is 5.82 Å². The van der Waals surface area contributed by atoms with E-state index in [0.29, 0.717) is 17.2 Å². The van der Waals surface area contributed by atoms with Crippen LogP contribution in [-0.2, 0) is 4.74 Å². The molecule has 1 fully saturated rings. The molecule has 4 N–H and O–H groups in total. The summed E-state index contributed by atoms with van der Waals surface area (Å²) < 4.78 is 29.2. The number of nitrogens with two attached hydrogens (primary N) is 2. The predicted octanol–water partition coefficient (Wildman–Crippen LogP) is 5.38. The molecule has 0 spiro atoms. The van der Waals surface area contributed by atoms with Crippen LogP contribution in [0.3, 0.4) is 0 Å². The molecule has 1 aliphatic rings. The number of hydrogen-bond donors (Lipinski definition) is 2. The molecule has 37 heavy (non-hydrogen) atoms. The first-order valence-corrected chi connectivity index (χ1v) is 11.7. The van der Waals surface area contributed by atoms with Crippen molar-refractivity contribution in [2.24, 2.45) is 11.5 Å². The van der Waals surface area contributed by atoms with Crippen molar-refractivity contribution in [3.05, 3.63) is 72.2 Å². The molecule has 0 atom stereocenters. The van der Waals surface area contributed by atoms with Gasteiger partial charge < -0.3 is 30.6 Å². The second-order valence-electron chi connectivity index (χ2n) is 9.27. The molecule has 0 aliphatic carbocycles. The van der Waals surface area contributed by atoms with E-state index in [1.807, 2.05) is 0 Å². The summed E-state index contributed by atoms with van der Waals surface area (Å²) in [7, 11) is 0. The standard InChI is InChI=1S/C22H20FN3O3.C5H11NO2/c23-15-4-3-5-19(12-15)28-17-6-8-18(9-7-17)29-22-20(21(24)27)13-16(14-25-22)26-10-1-2-11-26;1-5(2,3)8-4(6)7/h3-9,12-14H,1-2,10-11H2,(H2,24,27);1-3H3,(H2,6,7). The van der Waals surface area contributed by atoms with Crippen LogP contribution in [0.1, 0.15) is 44.0 Å². The highest BCUT2D eigenvalue weighted by Crippen LogP contribution is 2.30. The lowest BCUT2D eigenvalue weighted by Gasteiger charge is -2.18. The maximum atomic E-state index is 13.3. The van der Waals surface area contributed by atoms with Crippen molar-refractivity contribution >= 4 is 17.7 Å². The minimum absolute atomic E-state index is 0.152. The van der Waals surface area contributed by atoms with Crippen molar-refractivity contribution in [2.45, 2.75) is 39.2 Å². The topological polar surface area (TPSA) is 130 Å². The van der Waals surface area contributed by atoms with E-state index < -0.39 is 17.6 Å². The SMILES string of the molecule is CC(C)(C)OC(N)=O.NC(=O)c1cc(N2CCCC2)cnc1Oc1ccc(Oc2cccc(F)c2)cc1. The Morgan fingerprint density at radius 2 is 1.54 bits per heavy atom. The van der Waals surface area contributed by atoms with Gasteiger partial charge in [0.15, 0.2) is 0 Å². The molecule has 10 heteroatoms. The number of ether oxygens (including phenoxy) is 3. The minimum Gasteiger partial charge on any atom is -0.457 e. The van der Waals surface area contributed by atoms with Crippen molar-refractivity contribution in [1.29, 1.82) is 0 Å². The summed E-state index contributed by atoms with van der Waals surface area (Å²) in [5.74, 6) is 0.577. The van der Waals surface area contributed by atoms with Gasteiger partial charge in [-0.2, -0.15) is 0 Å². The van der Waals surface area contributed by atoms with Gasteiger partial charge in [0.1, 0.15) is 34.2 Å². The molecule has 2 amide bonds. The lowest BCUT2D eigenvalue weighted by Crippen LogP contribution is -2.27. The second kappa shape index (κ2) is 12.1. The largest absolute Gasteiger partial charge is 0.457 e. The predicted molar refractivity (Wildman–Crippen MR) is 138 cm³/mol. The van der Waals surface area contributed by atoms with Crippen LogP contribution in [0.5, 0.6) is 23.1 Å². The molecule has 0 bridgehead atoms. The number of amides is 2. The average molecular weight is 511 g/mol. The third-order valence-corrected chi connectivity index (χ3v) is 5.05. The van der Waals surface area contributed by atoms with Crippen LogP contribution in [-0.4, -0.2) is 35.7 Å². The monoisotopic (exact) mass is 510 g/mol. The summed E-state index contributed by atoms with van der Waals surface area (Å²) >= 11 is 0. The van der Waals surface area contributed by atoms with Crippen molar-refractivity contribution in [2.75, 3.05) is 18.0 Å². The van der Waals surface area contributed by atoms with Gasteiger partial charge >= 0.3 is 6.09 Å². The summed E-state index contributed by atoms with van der Waals surface area (Å²) in [6.45, 7) is 7.16. The summed E-state index contributed by atoms with van der Waals surface area (Å²) in [6.07, 6.45) is 3.20. The maximum Gasteiger partial charge on any atom is 0.405 e. The van der Waals surface area contributed by atoms with Gasteiger partial charge in [0.2, 0.25) is 5.88 Å². The van der Waals surface area contributed by atoms with Crippen molar-refractivity contribution in [3.63, 3.8) is 0 Å². The van der Waals surface area contributed by atoms with E-state index in [-0.39, 0.29) is 17.3 Å². The van der Waals surface area contributed by atoms with Gasteiger partial charge in [-0.25, -0.2) is 14.2 Å². The zero-order chi connectivity index (χ0) is 27.0. The van der Waals surface area contributed by atoms with Gasteiger partial charge in [-0.05, 0) is 76.1 Å². The Hall–Kier alpha value is -4.34. The molecule has 4 rings (SSSR count). The number of primary amides is 2. The number of carbonyl (C=O) groups excluding carboxylic acids is 2. The van der Waals surface area contributed by atoms with Crippen molar-refractivity contribution in [1.82, 2.24) is 4.98 Å². The van der Waals surface area contributed by atoms with Crippen LogP contribution in [0.4, 0.5) is 14.9 Å². The van der Waals surface area contributed by atoms with E-state index >= 15 is 0 Å². The molecule has 1 aliphatic heterocycles. The lowest BCUT2D eigenvalue weighted by molar-refractivity contribution is 0.0599. The number of rotatable bonds is 6. The number of benzene rings is 2. The van der Waals surface area contributed by atoms with Gasteiger partial charge in [-0.15, -0.1) is 0 Å².